The van der Waals surface area contributed by atoms with Crippen LogP contribution < -0.4 is 11.1 Å². The lowest BCUT2D eigenvalue weighted by molar-refractivity contribution is 0.102. The number of hydrogen-bond acceptors (Lipinski definition) is 2. The number of carbonyl (C=O) groups excluding carboxylic acids is 1. The van der Waals surface area contributed by atoms with Gasteiger partial charge in [0, 0.05) is 11.4 Å². The number of anilines is 2. The standard InChI is InChI=1S/C13H11FN2O/c14-12-4-2-1-3-11(12)13(17)16-10-7-5-9(15)6-8-10/h1-8H,15H2,(H,16,17). The minimum Gasteiger partial charge on any atom is -0.399 e. The van der Waals surface area contributed by atoms with E-state index in [0.29, 0.717) is 11.4 Å². The lowest BCUT2D eigenvalue weighted by Gasteiger charge is -2.06. The van der Waals surface area contributed by atoms with E-state index < -0.39 is 11.7 Å². The van der Waals surface area contributed by atoms with Crippen LogP contribution in [0.4, 0.5) is 15.8 Å². The van der Waals surface area contributed by atoms with Crippen LogP contribution >= 0.6 is 0 Å². The Labute approximate surface area is 98.1 Å². The zero-order valence-corrected chi connectivity index (χ0v) is 8.98. The minimum absolute atomic E-state index is 0.0179. The highest BCUT2D eigenvalue weighted by atomic mass is 19.1. The lowest BCUT2D eigenvalue weighted by atomic mass is 10.2. The second kappa shape index (κ2) is 4.65. The third kappa shape index (κ3) is 2.60. The van der Waals surface area contributed by atoms with Crippen molar-refractivity contribution in [3.8, 4) is 0 Å². The summed E-state index contributed by atoms with van der Waals surface area (Å²) in [5, 5.41) is 2.59. The molecule has 4 heteroatoms. The number of hydrogen-bond donors (Lipinski definition) is 2. The van der Waals surface area contributed by atoms with Gasteiger partial charge in [-0.3, -0.25) is 4.79 Å². The molecule has 3 N–H and O–H groups in total. The summed E-state index contributed by atoms with van der Waals surface area (Å²) in [5.41, 5.74) is 6.72. The first-order chi connectivity index (χ1) is 8.16. The summed E-state index contributed by atoms with van der Waals surface area (Å²) < 4.78 is 13.3. The Morgan fingerprint density at radius 3 is 2.35 bits per heavy atom. The molecule has 17 heavy (non-hydrogen) atoms. The molecule has 0 aliphatic rings. The van der Waals surface area contributed by atoms with Gasteiger partial charge in [0.2, 0.25) is 0 Å². The Balaban J connectivity index is 2.17. The highest BCUT2D eigenvalue weighted by Gasteiger charge is 2.10. The van der Waals surface area contributed by atoms with Crippen molar-refractivity contribution in [2.75, 3.05) is 11.1 Å². The molecule has 3 nitrogen and oxygen atoms in total. The molecule has 1 amide bonds. The quantitative estimate of drug-likeness (QED) is 0.779. The van der Waals surface area contributed by atoms with E-state index in [0.717, 1.165) is 0 Å². The fourth-order valence-corrected chi connectivity index (χ4v) is 1.41. The summed E-state index contributed by atoms with van der Waals surface area (Å²) in [5.74, 6) is -1.02. The minimum atomic E-state index is -0.541. The number of nitrogens with two attached hydrogens (primary N) is 1. The topological polar surface area (TPSA) is 55.1 Å². The zero-order valence-electron chi connectivity index (χ0n) is 8.98. The SMILES string of the molecule is Nc1ccc(NC(=O)c2ccccc2F)cc1. The molecule has 2 aromatic carbocycles. The van der Waals surface area contributed by atoms with Crippen molar-refractivity contribution in [1.29, 1.82) is 0 Å². The van der Waals surface area contributed by atoms with E-state index in [1.54, 1.807) is 30.3 Å². The van der Waals surface area contributed by atoms with Crippen LogP contribution in [0.2, 0.25) is 0 Å². The molecule has 0 aromatic heterocycles. The van der Waals surface area contributed by atoms with Crippen molar-refractivity contribution in [2.45, 2.75) is 0 Å². The molecular formula is C13H11FN2O. The van der Waals surface area contributed by atoms with Crippen LogP contribution in [0, 0.1) is 5.82 Å². The highest BCUT2D eigenvalue weighted by molar-refractivity contribution is 6.04. The van der Waals surface area contributed by atoms with Crippen molar-refractivity contribution >= 4 is 17.3 Å². The van der Waals surface area contributed by atoms with E-state index in [1.165, 1.54) is 18.2 Å². The molecule has 0 saturated carbocycles. The van der Waals surface area contributed by atoms with Crippen molar-refractivity contribution < 1.29 is 9.18 Å². The fourth-order valence-electron chi connectivity index (χ4n) is 1.41. The maximum atomic E-state index is 13.3. The second-order valence-corrected chi connectivity index (χ2v) is 3.56. The molecule has 2 aromatic rings. The largest absolute Gasteiger partial charge is 0.399 e. The number of halogens is 1. The third-order valence-electron chi connectivity index (χ3n) is 2.29. The first-order valence-electron chi connectivity index (χ1n) is 5.08. The number of nitrogens with one attached hydrogen (secondary N) is 1. The molecule has 0 aliphatic carbocycles. The monoisotopic (exact) mass is 230 g/mol. The van der Waals surface area contributed by atoms with Gasteiger partial charge in [-0.2, -0.15) is 0 Å². The maximum Gasteiger partial charge on any atom is 0.258 e. The Bertz CT molecular complexity index is 537. The second-order valence-electron chi connectivity index (χ2n) is 3.56. The Hall–Kier alpha value is -2.36. The first kappa shape index (κ1) is 11.1. The number of benzene rings is 2. The van der Waals surface area contributed by atoms with E-state index in [4.69, 9.17) is 5.73 Å². The highest BCUT2D eigenvalue weighted by Crippen LogP contribution is 2.13. The summed E-state index contributed by atoms with van der Waals surface area (Å²) in [6.45, 7) is 0. The van der Waals surface area contributed by atoms with Crippen LogP contribution in [0.5, 0.6) is 0 Å². The molecule has 0 atom stereocenters. The van der Waals surface area contributed by atoms with Gasteiger partial charge in [-0.1, -0.05) is 12.1 Å². The van der Waals surface area contributed by atoms with Gasteiger partial charge in [0.1, 0.15) is 5.82 Å². The maximum absolute atomic E-state index is 13.3. The van der Waals surface area contributed by atoms with Crippen LogP contribution in [0.1, 0.15) is 10.4 Å². The van der Waals surface area contributed by atoms with Gasteiger partial charge in [-0.15, -0.1) is 0 Å². The van der Waals surface area contributed by atoms with Gasteiger partial charge in [0.15, 0.2) is 0 Å². The Morgan fingerprint density at radius 1 is 1.06 bits per heavy atom. The van der Waals surface area contributed by atoms with Gasteiger partial charge in [0.05, 0.1) is 5.56 Å². The molecule has 0 unspecified atom stereocenters. The van der Waals surface area contributed by atoms with Crippen molar-refractivity contribution in [2.24, 2.45) is 0 Å². The number of rotatable bonds is 2. The van der Waals surface area contributed by atoms with Gasteiger partial charge in [-0.05, 0) is 36.4 Å². The van der Waals surface area contributed by atoms with E-state index in [9.17, 15) is 9.18 Å². The summed E-state index contributed by atoms with van der Waals surface area (Å²) >= 11 is 0. The average molecular weight is 230 g/mol. The summed E-state index contributed by atoms with van der Waals surface area (Å²) in [6.07, 6.45) is 0. The summed E-state index contributed by atoms with van der Waals surface area (Å²) in [4.78, 5) is 11.7. The molecule has 0 bridgehead atoms. The van der Waals surface area contributed by atoms with Crippen LogP contribution in [-0.2, 0) is 0 Å². The van der Waals surface area contributed by atoms with Crippen LogP contribution in [0.3, 0.4) is 0 Å². The van der Waals surface area contributed by atoms with E-state index in [2.05, 4.69) is 5.32 Å². The van der Waals surface area contributed by atoms with E-state index in [-0.39, 0.29) is 5.56 Å². The van der Waals surface area contributed by atoms with Gasteiger partial charge >= 0.3 is 0 Å². The number of nitrogen functional groups attached to an aromatic ring is 1. The predicted octanol–water partition coefficient (Wildman–Crippen LogP) is 2.66. The van der Waals surface area contributed by atoms with Gasteiger partial charge < -0.3 is 11.1 Å². The molecular weight excluding hydrogens is 219 g/mol. The predicted molar refractivity (Wildman–Crippen MR) is 65.2 cm³/mol. The fraction of sp³-hybridized carbons (Fsp3) is 0. The first-order valence-corrected chi connectivity index (χ1v) is 5.08. The average Bonchev–Trinajstić information content (AvgIpc) is 2.32. The lowest BCUT2D eigenvalue weighted by Crippen LogP contribution is -2.13. The molecule has 0 radical (unpaired) electrons. The molecule has 0 heterocycles. The number of amides is 1. The van der Waals surface area contributed by atoms with Crippen molar-refractivity contribution in [1.82, 2.24) is 0 Å². The van der Waals surface area contributed by atoms with Crippen LogP contribution in [0.25, 0.3) is 0 Å². The molecule has 86 valence electrons. The van der Waals surface area contributed by atoms with E-state index in [1.807, 2.05) is 0 Å². The normalized spacial score (nSPS) is 9.94. The molecule has 2 rings (SSSR count). The molecule has 0 fully saturated rings. The van der Waals surface area contributed by atoms with Gasteiger partial charge in [0.25, 0.3) is 5.91 Å². The summed E-state index contributed by atoms with van der Waals surface area (Å²) in [6, 6.07) is 12.5. The van der Waals surface area contributed by atoms with E-state index >= 15 is 0 Å². The van der Waals surface area contributed by atoms with Crippen molar-refractivity contribution in [3.63, 3.8) is 0 Å². The molecule has 0 saturated heterocycles. The number of carbonyl (C=O) groups is 1. The molecule has 0 aliphatic heterocycles. The van der Waals surface area contributed by atoms with Crippen molar-refractivity contribution in [3.05, 3.63) is 59.9 Å². The smallest absolute Gasteiger partial charge is 0.258 e. The summed E-state index contributed by atoms with van der Waals surface area (Å²) in [7, 11) is 0. The Morgan fingerprint density at radius 2 is 1.71 bits per heavy atom. The third-order valence-corrected chi connectivity index (χ3v) is 2.29. The van der Waals surface area contributed by atoms with Crippen LogP contribution in [-0.4, -0.2) is 5.91 Å². The Kier molecular flexibility index (Phi) is 3.05. The van der Waals surface area contributed by atoms with Crippen LogP contribution in [0.15, 0.2) is 48.5 Å². The molecule has 0 spiro atoms. The van der Waals surface area contributed by atoms with Gasteiger partial charge in [-0.25, -0.2) is 4.39 Å². The zero-order chi connectivity index (χ0) is 12.3.